The number of amides is 1. The van der Waals surface area contributed by atoms with Crippen LogP contribution in [0.1, 0.15) is 5.56 Å². The first-order chi connectivity index (χ1) is 12.8. The van der Waals surface area contributed by atoms with Crippen molar-refractivity contribution < 1.29 is 19.1 Å². The Balaban J connectivity index is 1.94. The molecule has 2 aliphatic heterocycles. The first-order valence-corrected chi connectivity index (χ1v) is 12.1. The maximum absolute atomic E-state index is 12.4. The van der Waals surface area contributed by atoms with Gasteiger partial charge in [-0.25, -0.2) is 4.79 Å². The van der Waals surface area contributed by atoms with Gasteiger partial charge < -0.3 is 9.47 Å². The summed E-state index contributed by atoms with van der Waals surface area (Å²) in [5, 5.41) is 0. The lowest BCUT2D eigenvalue weighted by atomic mass is 9.86. The first-order valence-electron chi connectivity index (χ1n) is 8.63. The van der Waals surface area contributed by atoms with Gasteiger partial charge in [-0.05, 0) is 18.2 Å². The van der Waals surface area contributed by atoms with Crippen LogP contribution in [0, 0.1) is 23.3 Å². The maximum Gasteiger partial charge on any atom is 0.415 e. The van der Waals surface area contributed by atoms with Crippen LogP contribution in [0.25, 0.3) is 0 Å². The topological polar surface area (TPSA) is 59.1 Å². The highest BCUT2D eigenvalue weighted by Gasteiger charge is 2.67. The van der Waals surface area contributed by atoms with E-state index in [1.54, 1.807) is 30.4 Å². The molecule has 0 bridgehead atoms. The number of allylic oxidation sites excluding steroid dienone is 2. The minimum atomic E-state index is -1.43. The predicted octanol–water partition coefficient (Wildman–Crippen LogP) is 2.88. The molecule has 1 aromatic carbocycles. The third-order valence-corrected chi connectivity index (χ3v) is 5.21. The predicted molar refractivity (Wildman–Crippen MR) is 106 cm³/mol. The van der Waals surface area contributed by atoms with Crippen molar-refractivity contribution in [3.05, 3.63) is 42.0 Å². The highest BCUT2D eigenvalue weighted by molar-refractivity contribution is 6.83. The number of carbonyl (C=O) groups is 2. The number of hydrogen-bond acceptors (Lipinski definition) is 4. The number of epoxide rings is 1. The van der Waals surface area contributed by atoms with Crippen molar-refractivity contribution in [1.29, 1.82) is 0 Å². The van der Waals surface area contributed by atoms with E-state index in [0.717, 1.165) is 6.29 Å². The molecule has 3 rings (SSSR count). The SMILES string of the molecule is COC(=O)N1c2ccccc2[C@@]2(C=O)O[C@H]2[C@@H]1C#C/C=C\C#C[Si](C)(C)C. The van der Waals surface area contributed by atoms with Crippen LogP contribution in [0.4, 0.5) is 10.5 Å². The molecular formula is C21H21NO4Si. The average molecular weight is 379 g/mol. The van der Waals surface area contributed by atoms with Crippen LogP contribution in [-0.4, -0.2) is 39.7 Å². The van der Waals surface area contributed by atoms with Gasteiger partial charge in [-0.1, -0.05) is 55.6 Å². The van der Waals surface area contributed by atoms with E-state index in [1.165, 1.54) is 12.0 Å². The van der Waals surface area contributed by atoms with Crippen LogP contribution in [0.3, 0.4) is 0 Å². The molecule has 6 heteroatoms. The summed E-state index contributed by atoms with van der Waals surface area (Å²) >= 11 is 0. The molecule has 1 amide bonds. The molecule has 0 saturated carbocycles. The van der Waals surface area contributed by atoms with Gasteiger partial charge in [0.1, 0.15) is 20.2 Å². The molecule has 0 radical (unpaired) electrons. The monoisotopic (exact) mass is 379 g/mol. The zero-order valence-corrected chi connectivity index (χ0v) is 16.8. The van der Waals surface area contributed by atoms with Crippen LogP contribution in [0.15, 0.2) is 36.4 Å². The zero-order chi connectivity index (χ0) is 19.7. The van der Waals surface area contributed by atoms with E-state index in [0.29, 0.717) is 11.3 Å². The minimum Gasteiger partial charge on any atom is -0.452 e. The van der Waals surface area contributed by atoms with Crippen molar-refractivity contribution >= 4 is 26.1 Å². The van der Waals surface area contributed by atoms with Crippen LogP contribution in [-0.2, 0) is 19.9 Å². The number of anilines is 1. The third kappa shape index (κ3) is 3.55. The molecule has 27 heavy (non-hydrogen) atoms. The molecule has 0 unspecified atom stereocenters. The number of carbonyl (C=O) groups excluding carboxylic acids is 2. The summed E-state index contributed by atoms with van der Waals surface area (Å²) < 4.78 is 10.7. The highest BCUT2D eigenvalue weighted by atomic mass is 28.3. The van der Waals surface area contributed by atoms with Crippen molar-refractivity contribution in [3.8, 4) is 23.3 Å². The van der Waals surface area contributed by atoms with E-state index < -0.39 is 31.9 Å². The Morgan fingerprint density at radius 1 is 1.26 bits per heavy atom. The summed E-state index contributed by atoms with van der Waals surface area (Å²) in [5.74, 6) is 8.94. The molecule has 0 aromatic heterocycles. The van der Waals surface area contributed by atoms with Gasteiger partial charge in [-0.3, -0.25) is 9.69 Å². The molecular weight excluding hydrogens is 358 g/mol. The summed E-state index contributed by atoms with van der Waals surface area (Å²) in [6, 6.07) is 6.54. The Kier molecular flexibility index (Phi) is 4.97. The fourth-order valence-corrected chi connectivity index (χ4v) is 3.59. The number of rotatable bonds is 1. The first kappa shape index (κ1) is 19.0. The van der Waals surface area contributed by atoms with Crippen LogP contribution in [0.2, 0.25) is 19.6 Å². The maximum atomic E-state index is 12.4. The van der Waals surface area contributed by atoms with E-state index in [9.17, 15) is 9.59 Å². The number of para-hydroxylation sites is 1. The number of methoxy groups -OCH3 is 1. The lowest BCUT2D eigenvalue weighted by Crippen LogP contribution is -2.48. The van der Waals surface area contributed by atoms with Gasteiger partial charge in [-0.15, -0.1) is 5.54 Å². The fraction of sp³-hybridized carbons (Fsp3) is 0.333. The minimum absolute atomic E-state index is 0.516. The number of benzene rings is 1. The van der Waals surface area contributed by atoms with Crippen molar-refractivity contribution in [3.63, 3.8) is 0 Å². The van der Waals surface area contributed by atoms with Crippen LogP contribution < -0.4 is 4.90 Å². The normalized spacial score (nSPS) is 25.3. The fourth-order valence-electron chi connectivity index (χ4n) is 3.07. The number of nitrogens with zero attached hydrogens (tertiary/aromatic N) is 1. The Bertz CT molecular complexity index is 925. The van der Waals surface area contributed by atoms with Gasteiger partial charge in [0.05, 0.1) is 12.8 Å². The number of ether oxygens (including phenoxy) is 2. The largest absolute Gasteiger partial charge is 0.452 e. The van der Waals surface area contributed by atoms with Crippen molar-refractivity contribution in [2.45, 2.75) is 37.4 Å². The summed E-state index contributed by atoms with van der Waals surface area (Å²) in [5.41, 5.74) is 3.41. The second-order valence-corrected chi connectivity index (χ2v) is 12.1. The molecule has 3 atom stereocenters. The number of hydrogen-bond donors (Lipinski definition) is 0. The van der Waals surface area contributed by atoms with E-state index in [2.05, 4.69) is 42.9 Å². The Morgan fingerprint density at radius 2 is 1.96 bits per heavy atom. The van der Waals surface area contributed by atoms with Gasteiger partial charge >= 0.3 is 6.09 Å². The van der Waals surface area contributed by atoms with Gasteiger partial charge in [0.15, 0.2) is 11.9 Å². The Morgan fingerprint density at radius 3 is 2.63 bits per heavy atom. The zero-order valence-electron chi connectivity index (χ0n) is 15.8. The molecule has 0 N–H and O–H groups in total. The molecule has 2 heterocycles. The summed E-state index contributed by atoms with van der Waals surface area (Å²) in [7, 11) is -0.112. The number of aldehydes is 1. The van der Waals surface area contributed by atoms with Gasteiger partial charge in [-0.2, -0.15) is 0 Å². The average Bonchev–Trinajstić information content (AvgIpc) is 3.39. The summed E-state index contributed by atoms with van der Waals surface area (Å²) in [6.07, 6.45) is 3.08. The van der Waals surface area contributed by atoms with E-state index >= 15 is 0 Å². The lowest BCUT2D eigenvalue weighted by Gasteiger charge is -2.32. The quantitative estimate of drug-likeness (QED) is 0.326. The standard InChI is InChI=1S/C21H21NO4Si/c1-25-20(24)22-17-12-9-8-11-16(17)21(15-23)19(26-21)18(22)13-7-5-6-10-14-27(2,3)4/h5-6,8-9,11-12,15,18-19H,1-4H3/b6-5-/t18-,19-,21+/m0/s1. The van der Waals surface area contributed by atoms with E-state index in [4.69, 9.17) is 9.47 Å². The number of fused-ring (bicyclic) bond motifs is 3. The summed E-state index contributed by atoms with van der Waals surface area (Å²) in [6.45, 7) is 6.49. The summed E-state index contributed by atoms with van der Waals surface area (Å²) in [4.78, 5) is 25.6. The second-order valence-electron chi connectivity index (χ2n) is 7.39. The lowest BCUT2D eigenvalue weighted by molar-refractivity contribution is -0.112. The van der Waals surface area contributed by atoms with E-state index in [1.807, 2.05) is 6.07 Å². The third-order valence-electron chi connectivity index (χ3n) is 4.31. The van der Waals surface area contributed by atoms with Gasteiger partial charge in [0.25, 0.3) is 0 Å². The van der Waals surface area contributed by atoms with Crippen molar-refractivity contribution in [2.24, 2.45) is 0 Å². The molecule has 0 spiro atoms. The molecule has 1 fully saturated rings. The van der Waals surface area contributed by atoms with Crippen molar-refractivity contribution in [1.82, 2.24) is 0 Å². The highest BCUT2D eigenvalue weighted by Crippen LogP contribution is 2.54. The molecule has 1 aromatic rings. The van der Waals surface area contributed by atoms with Gasteiger partial charge in [0.2, 0.25) is 0 Å². The smallest absolute Gasteiger partial charge is 0.415 e. The van der Waals surface area contributed by atoms with Crippen molar-refractivity contribution in [2.75, 3.05) is 12.0 Å². The van der Waals surface area contributed by atoms with E-state index in [-0.39, 0.29) is 0 Å². The molecule has 0 aliphatic carbocycles. The Labute approximate surface area is 160 Å². The second kappa shape index (κ2) is 7.07. The van der Waals surface area contributed by atoms with Crippen LogP contribution >= 0.6 is 0 Å². The molecule has 1 saturated heterocycles. The van der Waals surface area contributed by atoms with Gasteiger partial charge in [0, 0.05) is 5.56 Å². The Hall–Kier alpha value is -2.80. The molecule has 5 nitrogen and oxygen atoms in total. The molecule has 2 aliphatic rings. The van der Waals surface area contributed by atoms with Crippen LogP contribution in [0.5, 0.6) is 0 Å². The molecule has 138 valence electrons.